The third-order valence-electron chi connectivity index (χ3n) is 3.57. The summed E-state index contributed by atoms with van der Waals surface area (Å²) >= 11 is 0. The zero-order valence-electron chi connectivity index (χ0n) is 14.5. The molecule has 0 saturated carbocycles. The molecule has 6 heteroatoms. The Kier molecular flexibility index (Phi) is 6.39. The highest BCUT2D eigenvalue weighted by atomic mass is 16.5. The highest BCUT2D eigenvalue weighted by Gasteiger charge is 2.13. The van der Waals surface area contributed by atoms with Crippen LogP contribution in [-0.4, -0.2) is 32.6 Å². The lowest BCUT2D eigenvalue weighted by atomic mass is 10.1. The Labute approximate surface area is 146 Å². The molecule has 0 aliphatic rings. The van der Waals surface area contributed by atoms with Gasteiger partial charge in [0.05, 0.1) is 19.8 Å². The maximum atomic E-state index is 12.1. The molecule has 0 fully saturated rings. The summed E-state index contributed by atoms with van der Waals surface area (Å²) < 4.78 is 15.6. The van der Waals surface area contributed by atoms with Gasteiger partial charge in [-0.2, -0.15) is 0 Å². The molecule has 0 spiro atoms. The number of para-hydroxylation sites is 1. The zero-order chi connectivity index (χ0) is 18.2. The number of benzene rings is 2. The highest BCUT2D eigenvalue weighted by molar-refractivity contribution is 5.98. The fraction of sp³-hybridized carbons (Fsp3) is 0.263. The number of ether oxygens (including phenoxy) is 3. The van der Waals surface area contributed by atoms with Gasteiger partial charge in [-0.15, -0.1) is 0 Å². The second kappa shape index (κ2) is 8.73. The van der Waals surface area contributed by atoms with Gasteiger partial charge in [0.2, 0.25) is 0 Å². The van der Waals surface area contributed by atoms with E-state index in [9.17, 15) is 9.59 Å². The number of carbonyl (C=O) groups excluding carboxylic acids is 2. The second-order valence-corrected chi connectivity index (χ2v) is 5.36. The summed E-state index contributed by atoms with van der Waals surface area (Å²) in [4.78, 5) is 24.0. The molecule has 2 aromatic rings. The smallest absolute Gasteiger partial charge is 0.325 e. The van der Waals surface area contributed by atoms with Gasteiger partial charge in [0.25, 0.3) is 5.91 Å². The van der Waals surface area contributed by atoms with Crippen molar-refractivity contribution in [2.45, 2.75) is 13.5 Å². The minimum Gasteiger partial charge on any atom is -0.496 e. The van der Waals surface area contributed by atoms with Gasteiger partial charge in [0.1, 0.15) is 24.7 Å². The highest BCUT2D eigenvalue weighted by Crippen LogP contribution is 2.20. The van der Waals surface area contributed by atoms with Gasteiger partial charge in [-0.25, -0.2) is 0 Å². The van der Waals surface area contributed by atoms with Crippen LogP contribution in [0.5, 0.6) is 11.5 Å². The van der Waals surface area contributed by atoms with Crippen LogP contribution in [0.25, 0.3) is 0 Å². The van der Waals surface area contributed by atoms with E-state index >= 15 is 0 Å². The number of esters is 1. The Morgan fingerprint density at radius 1 is 1.00 bits per heavy atom. The van der Waals surface area contributed by atoms with Crippen molar-refractivity contribution in [3.63, 3.8) is 0 Å². The molecular weight excluding hydrogens is 322 g/mol. The van der Waals surface area contributed by atoms with Crippen LogP contribution in [-0.2, 0) is 16.1 Å². The summed E-state index contributed by atoms with van der Waals surface area (Å²) in [6.07, 6.45) is 0. The van der Waals surface area contributed by atoms with Crippen LogP contribution >= 0.6 is 0 Å². The number of rotatable bonds is 7. The minimum absolute atomic E-state index is 0.0776. The van der Waals surface area contributed by atoms with Gasteiger partial charge in [-0.1, -0.05) is 23.8 Å². The van der Waals surface area contributed by atoms with Crippen molar-refractivity contribution in [3.8, 4) is 11.5 Å². The Morgan fingerprint density at radius 3 is 2.44 bits per heavy atom. The molecule has 132 valence electrons. The second-order valence-electron chi connectivity index (χ2n) is 5.36. The summed E-state index contributed by atoms with van der Waals surface area (Å²) in [5.74, 6) is 0.156. The SMILES string of the molecule is COc1ccc(C)cc1COC(=O)CNC(=O)c1ccccc1OC. The minimum atomic E-state index is -0.535. The number of nitrogens with one attached hydrogen (secondary N) is 1. The van der Waals surface area contributed by atoms with Crippen molar-refractivity contribution < 1.29 is 23.8 Å². The first kappa shape index (κ1) is 18.3. The largest absolute Gasteiger partial charge is 0.496 e. The van der Waals surface area contributed by atoms with Crippen LogP contribution in [0.1, 0.15) is 21.5 Å². The average Bonchev–Trinajstić information content (AvgIpc) is 2.64. The molecule has 0 radical (unpaired) electrons. The van der Waals surface area contributed by atoms with E-state index in [0.717, 1.165) is 11.1 Å². The maximum absolute atomic E-state index is 12.1. The monoisotopic (exact) mass is 343 g/mol. The molecule has 0 aliphatic heterocycles. The van der Waals surface area contributed by atoms with Crippen molar-refractivity contribution in [2.24, 2.45) is 0 Å². The van der Waals surface area contributed by atoms with Crippen LogP contribution in [0.2, 0.25) is 0 Å². The number of methoxy groups -OCH3 is 2. The predicted molar refractivity (Wildman–Crippen MR) is 92.9 cm³/mol. The molecule has 0 saturated heterocycles. The molecule has 0 aromatic heterocycles. The standard InChI is InChI=1S/C19H21NO5/c1-13-8-9-16(23-2)14(10-13)12-25-18(21)11-20-19(22)15-6-4-5-7-17(15)24-3/h4-10H,11-12H2,1-3H3,(H,20,22). The molecule has 1 amide bonds. The molecule has 0 unspecified atom stereocenters. The van der Waals surface area contributed by atoms with Crippen LogP contribution < -0.4 is 14.8 Å². The van der Waals surface area contributed by atoms with Gasteiger partial charge in [0.15, 0.2) is 0 Å². The third-order valence-corrected chi connectivity index (χ3v) is 3.57. The summed E-state index contributed by atoms with van der Waals surface area (Å²) in [5, 5.41) is 2.52. The van der Waals surface area contributed by atoms with Crippen molar-refractivity contribution in [1.29, 1.82) is 0 Å². The molecule has 1 N–H and O–H groups in total. The van der Waals surface area contributed by atoms with E-state index in [-0.39, 0.29) is 13.2 Å². The van der Waals surface area contributed by atoms with Gasteiger partial charge in [0, 0.05) is 5.56 Å². The van der Waals surface area contributed by atoms with E-state index < -0.39 is 11.9 Å². The summed E-state index contributed by atoms with van der Waals surface area (Å²) in [5.41, 5.74) is 2.17. The molecule has 0 atom stereocenters. The van der Waals surface area contributed by atoms with Crippen molar-refractivity contribution in [3.05, 3.63) is 59.2 Å². The Balaban J connectivity index is 1.89. The Bertz CT molecular complexity index is 757. The topological polar surface area (TPSA) is 73.9 Å². The normalized spacial score (nSPS) is 10.0. The summed E-state index contributed by atoms with van der Waals surface area (Å²) in [7, 11) is 3.04. The van der Waals surface area contributed by atoms with Crippen LogP contribution in [0, 0.1) is 6.92 Å². The molecule has 0 aliphatic carbocycles. The number of hydrogen-bond donors (Lipinski definition) is 1. The molecule has 2 rings (SSSR count). The molecule has 25 heavy (non-hydrogen) atoms. The van der Waals surface area contributed by atoms with E-state index in [1.165, 1.54) is 7.11 Å². The van der Waals surface area contributed by atoms with Crippen molar-refractivity contribution in [2.75, 3.05) is 20.8 Å². The fourth-order valence-corrected chi connectivity index (χ4v) is 2.31. The maximum Gasteiger partial charge on any atom is 0.325 e. The lowest BCUT2D eigenvalue weighted by Crippen LogP contribution is -2.30. The van der Waals surface area contributed by atoms with E-state index in [0.29, 0.717) is 17.1 Å². The average molecular weight is 343 g/mol. The third kappa shape index (κ3) is 4.97. The van der Waals surface area contributed by atoms with Crippen LogP contribution in [0.4, 0.5) is 0 Å². The first-order valence-electron chi connectivity index (χ1n) is 7.75. The van der Waals surface area contributed by atoms with E-state index in [1.807, 2.05) is 25.1 Å². The number of amides is 1. The van der Waals surface area contributed by atoms with Gasteiger partial charge in [-0.3, -0.25) is 9.59 Å². The molecule has 6 nitrogen and oxygen atoms in total. The molecule has 2 aromatic carbocycles. The first-order chi connectivity index (χ1) is 12.0. The van der Waals surface area contributed by atoms with Crippen molar-refractivity contribution in [1.82, 2.24) is 5.32 Å². The van der Waals surface area contributed by atoms with Gasteiger partial charge < -0.3 is 19.5 Å². The number of aryl methyl sites for hydroxylation is 1. The lowest BCUT2D eigenvalue weighted by molar-refractivity contribution is -0.143. The molecule has 0 heterocycles. The predicted octanol–water partition coefficient (Wildman–Crippen LogP) is 2.49. The quantitative estimate of drug-likeness (QED) is 0.782. The molecular formula is C19H21NO5. The Morgan fingerprint density at radius 2 is 1.72 bits per heavy atom. The number of hydrogen-bond acceptors (Lipinski definition) is 5. The van der Waals surface area contributed by atoms with Crippen molar-refractivity contribution >= 4 is 11.9 Å². The summed E-state index contributed by atoms with van der Waals surface area (Å²) in [6, 6.07) is 12.4. The van der Waals surface area contributed by atoms with Gasteiger partial charge in [-0.05, 0) is 31.2 Å². The molecule has 0 bridgehead atoms. The fourth-order valence-electron chi connectivity index (χ4n) is 2.31. The first-order valence-corrected chi connectivity index (χ1v) is 7.75. The van der Waals surface area contributed by atoms with Gasteiger partial charge >= 0.3 is 5.97 Å². The van der Waals surface area contributed by atoms with E-state index in [2.05, 4.69) is 5.32 Å². The number of carbonyl (C=O) groups is 2. The summed E-state index contributed by atoms with van der Waals surface area (Å²) in [6.45, 7) is 1.79. The van der Waals surface area contributed by atoms with E-state index in [1.54, 1.807) is 31.4 Å². The van der Waals surface area contributed by atoms with Crippen LogP contribution in [0.15, 0.2) is 42.5 Å². The zero-order valence-corrected chi connectivity index (χ0v) is 14.5. The van der Waals surface area contributed by atoms with E-state index in [4.69, 9.17) is 14.2 Å². The van der Waals surface area contributed by atoms with Crippen LogP contribution in [0.3, 0.4) is 0 Å². The lowest BCUT2D eigenvalue weighted by Gasteiger charge is -2.11. The Hall–Kier alpha value is -3.02.